The van der Waals surface area contributed by atoms with Gasteiger partial charge in [-0.05, 0) is 50.8 Å². The average Bonchev–Trinajstić information content (AvgIpc) is 3.48. The Balaban J connectivity index is 1.46. The van der Waals surface area contributed by atoms with E-state index in [9.17, 15) is 0 Å². The molecule has 1 aliphatic heterocycles. The number of benzene rings is 1. The molecular weight excluding hydrogens is 438 g/mol. The molecule has 0 aliphatic carbocycles. The second kappa shape index (κ2) is 8.88. The Kier molecular flexibility index (Phi) is 5.78. The van der Waals surface area contributed by atoms with Crippen molar-refractivity contribution >= 4 is 34.6 Å². The minimum absolute atomic E-state index is 0.434. The molecule has 1 fully saturated rings. The van der Waals surface area contributed by atoms with Crippen molar-refractivity contribution in [2.75, 3.05) is 44.5 Å². The number of ether oxygens (including phenoxy) is 1. The highest BCUT2D eigenvalue weighted by Gasteiger charge is 2.25. The Bertz CT molecular complexity index is 1290. The molecule has 3 aromatic heterocycles. The van der Waals surface area contributed by atoms with Crippen LogP contribution >= 0.6 is 11.6 Å². The van der Waals surface area contributed by atoms with E-state index in [1.165, 1.54) is 0 Å². The molecule has 1 unspecified atom stereocenters. The highest BCUT2D eigenvalue weighted by molar-refractivity contribution is 6.32. The number of hydrogen-bond donors (Lipinski definition) is 1. The minimum Gasteiger partial charge on any atom is -0.495 e. The van der Waals surface area contributed by atoms with Crippen LogP contribution in [0.15, 0.2) is 55.0 Å². The number of halogens is 1. The summed E-state index contributed by atoms with van der Waals surface area (Å²) in [5, 5.41) is 3.78. The first kappa shape index (κ1) is 21.5. The van der Waals surface area contributed by atoms with Gasteiger partial charge in [0.2, 0.25) is 5.95 Å². The third-order valence-electron chi connectivity index (χ3n) is 6.09. The van der Waals surface area contributed by atoms with E-state index in [0.29, 0.717) is 22.7 Å². The van der Waals surface area contributed by atoms with Gasteiger partial charge < -0.3 is 19.9 Å². The topological polar surface area (TPSA) is 70.8 Å². The molecule has 1 aromatic carbocycles. The van der Waals surface area contributed by atoms with Gasteiger partial charge in [0.25, 0.3) is 0 Å². The molecule has 1 N–H and O–H groups in total. The van der Waals surface area contributed by atoms with Crippen LogP contribution in [0.5, 0.6) is 5.75 Å². The molecule has 4 aromatic rings. The standard InChI is InChI=1S/C24H26ClN7O/c1-30(2)17-9-11-31(15-17)16-7-8-21(33-3)19(12-16)28-24-27-13-18(25)23(29-24)20-14-26-22-6-4-5-10-32(20)22/h4-8,10,12-14,17H,9,11,15H2,1-3H3,(H,27,28,29). The van der Waals surface area contributed by atoms with E-state index in [1.807, 2.05) is 34.9 Å². The van der Waals surface area contributed by atoms with Crippen LogP contribution in [-0.2, 0) is 0 Å². The average molecular weight is 464 g/mol. The van der Waals surface area contributed by atoms with Gasteiger partial charge in [0.05, 0.1) is 35.9 Å². The van der Waals surface area contributed by atoms with Crippen LogP contribution in [0.4, 0.5) is 17.3 Å². The summed E-state index contributed by atoms with van der Waals surface area (Å²) in [4.78, 5) is 18.2. The normalized spacial score (nSPS) is 16.0. The number of imidazole rings is 1. The van der Waals surface area contributed by atoms with Crippen LogP contribution in [0, 0.1) is 0 Å². The fraction of sp³-hybridized carbons (Fsp3) is 0.292. The zero-order valence-electron chi connectivity index (χ0n) is 18.9. The summed E-state index contributed by atoms with van der Waals surface area (Å²) in [7, 11) is 5.92. The monoisotopic (exact) mass is 463 g/mol. The Labute approximate surface area is 197 Å². The van der Waals surface area contributed by atoms with E-state index >= 15 is 0 Å². The van der Waals surface area contributed by atoms with Gasteiger partial charge in [-0.2, -0.15) is 0 Å². The largest absolute Gasteiger partial charge is 0.495 e. The Morgan fingerprint density at radius 2 is 2.03 bits per heavy atom. The number of rotatable bonds is 6. The highest BCUT2D eigenvalue weighted by atomic mass is 35.5. The first-order valence-electron chi connectivity index (χ1n) is 10.8. The van der Waals surface area contributed by atoms with Gasteiger partial charge in [-0.1, -0.05) is 17.7 Å². The molecule has 9 heteroatoms. The van der Waals surface area contributed by atoms with Crippen molar-refractivity contribution in [2.24, 2.45) is 0 Å². The zero-order chi connectivity index (χ0) is 22.9. The number of anilines is 3. The van der Waals surface area contributed by atoms with Gasteiger partial charge in [0.1, 0.15) is 17.1 Å². The van der Waals surface area contributed by atoms with E-state index in [0.717, 1.165) is 48.0 Å². The Morgan fingerprint density at radius 1 is 1.15 bits per heavy atom. The molecule has 0 spiro atoms. The van der Waals surface area contributed by atoms with Crippen LogP contribution in [-0.4, -0.2) is 64.6 Å². The summed E-state index contributed by atoms with van der Waals surface area (Å²) < 4.78 is 7.55. The molecule has 4 heterocycles. The van der Waals surface area contributed by atoms with E-state index in [1.54, 1.807) is 19.5 Å². The molecular formula is C24H26ClN7O. The van der Waals surface area contributed by atoms with Gasteiger partial charge in [-0.25, -0.2) is 15.0 Å². The van der Waals surface area contributed by atoms with Crippen LogP contribution in [0.25, 0.3) is 17.0 Å². The number of fused-ring (bicyclic) bond motifs is 1. The summed E-state index contributed by atoms with van der Waals surface area (Å²) >= 11 is 6.47. The van der Waals surface area contributed by atoms with Crippen LogP contribution < -0.4 is 15.0 Å². The van der Waals surface area contributed by atoms with Gasteiger partial charge >= 0.3 is 0 Å². The Hall–Kier alpha value is -3.36. The van der Waals surface area contributed by atoms with Crippen molar-refractivity contribution in [3.05, 3.63) is 60.0 Å². The molecule has 1 atom stereocenters. The second-order valence-corrected chi connectivity index (χ2v) is 8.73. The molecule has 8 nitrogen and oxygen atoms in total. The molecule has 0 bridgehead atoms. The number of hydrogen-bond acceptors (Lipinski definition) is 7. The number of pyridine rings is 1. The lowest BCUT2D eigenvalue weighted by molar-refractivity contribution is 0.315. The zero-order valence-corrected chi connectivity index (χ0v) is 19.6. The smallest absolute Gasteiger partial charge is 0.227 e. The molecule has 1 saturated heterocycles. The summed E-state index contributed by atoms with van der Waals surface area (Å²) in [6.45, 7) is 2.01. The molecule has 170 valence electrons. The maximum atomic E-state index is 6.47. The number of likely N-dealkylation sites (N-methyl/N-ethyl adjacent to an activating group) is 1. The summed E-state index contributed by atoms with van der Waals surface area (Å²) in [6.07, 6.45) is 6.45. The summed E-state index contributed by atoms with van der Waals surface area (Å²) in [5.41, 5.74) is 4.17. The number of aromatic nitrogens is 4. The summed E-state index contributed by atoms with van der Waals surface area (Å²) in [6, 6.07) is 12.5. The van der Waals surface area contributed by atoms with Gasteiger partial charge in [0, 0.05) is 31.0 Å². The third-order valence-corrected chi connectivity index (χ3v) is 6.37. The predicted octanol–water partition coefficient (Wildman–Crippen LogP) is 4.34. The third kappa shape index (κ3) is 4.19. The molecule has 33 heavy (non-hydrogen) atoms. The van der Waals surface area contributed by atoms with Gasteiger partial charge in [0.15, 0.2) is 0 Å². The van der Waals surface area contributed by atoms with Gasteiger partial charge in [-0.3, -0.25) is 4.40 Å². The maximum Gasteiger partial charge on any atom is 0.227 e. The van der Waals surface area contributed by atoms with Crippen molar-refractivity contribution < 1.29 is 4.74 Å². The lowest BCUT2D eigenvalue weighted by Gasteiger charge is -2.23. The fourth-order valence-corrected chi connectivity index (χ4v) is 4.41. The lowest BCUT2D eigenvalue weighted by Crippen LogP contribution is -2.31. The van der Waals surface area contributed by atoms with Crippen molar-refractivity contribution in [1.29, 1.82) is 0 Å². The highest BCUT2D eigenvalue weighted by Crippen LogP contribution is 2.34. The minimum atomic E-state index is 0.434. The fourth-order valence-electron chi connectivity index (χ4n) is 4.22. The first-order chi connectivity index (χ1) is 16.0. The second-order valence-electron chi connectivity index (χ2n) is 8.32. The molecule has 1 aliphatic rings. The molecule has 0 radical (unpaired) electrons. The van der Waals surface area contributed by atoms with Crippen molar-refractivity contribution in [2.45, 2.75) is 12.5 Å². The van der Waals surface area contributed by atoms with E-state index < -0.39 is 0 Å². The maximum absolute atomic E-state index is 6.47. The van der Waals surface area contributed by atoms with Crippen LogP contribution in [0.2, 0.25) is 5.02 Å². The van der Waals surface area contributed by atoms with E-state index in [2.05, 4.69) is 51.3 Å². The molecule has 0 amide bonds. The van der Waals surface area contributed by atoms with Crippen molar-refractivity contribution in [3.63, 3.8) is 0 Å². The molecule has 0 saturated carbocycles. The predicted molar refractivity (Wildman–Crippen MR) is 132 cm³/mol. The van der Waals surface area contributed by atoms with Crippen molar-refractivity contribution in [3.8, 4) is 17.1 Å². The molecule has 5 rings (SSSR count). The number of methoxy groups -OCH3 is 1. The number of nitrogens with zero attached hydrogens (tertiary/aromatic N) is 6. The summed E-state index contributed by atoms with van der Waals surface area (Å²) in [5.74, 6) is 1.15. The van der Waals surface area contributed by atoms with E-state index in [-0.39, 0.29) is 0 Å². The van der Waals surface area contributed by atoms with Crippen LogP contribution in [0.1, 0.15) is 6.42 Å². The first-order valence-corrected chi connectivity index (χ1v) is 11.2. The van der Waals surface area contributed by atoms with Gasteiger partial charge in [-0.15, -0.1) is 0 Å². The lowest BCUT2D eigenvalue weighted by atomic mass is 10.2. The van der Waals surface area contributed by atoms with Crippen molar-refractivity contribution in [1.82, 2.24) is 24.3 Å². The Morgan fingerprint density at radius 3 is 2.82 bits per heavy atom. The number of nitrogens with one attached hydrogen (secondary N) is 1. The SMILES string of the molecule is COc1ccc(N2CCC(N(C)C)C2)cc1Nc1ncc(Cl)c(-c2cnc3ccccn23)n1. The van der Waals surface area contributed by atoms with Crippen LogP contribution in [0.3, 0.4) is 0 Å². The quantitative estimate of drug-likeness (QED) is 0.456. The van der Waals surface area contributed by atoms with E-state index in [4.69, 9.17) is 21.3 Å².